The lowest BCUT2D eigenvalue weighted by Gasteiger charge is -2.29. The third kappa shape index (κ3) is 11.5. The standard InChI is InChI=1S/C37H48F4N6O9S.C4H10.3H2/c1-4-23-26(56-32-30(37(40,41)12-6-5-7-20-8-9-20)43-24-11-10-22(55-3)16-25(24)44-32)19-47(28(48)18-42-34(51)52)29(23)31(49)45-36(17-21(36)15-27(38)39)33(50)46-57(53,54)35(2)13-14-35;1-4(2)3;;;/h10-11,16,20-21,23,26-27,29,42H,4-9,12-15,17-19H2,1-3H3,(H,45,49)(H,46,50)(H,51,52);4H,1-3H3;3*1H/t21-,23-,26+,29+,36-;;;;/m1..../s1. The number of alkyl halides is 4. The van der Waals surface area contributed by atoms with E-state index in [4.69, 9.17) is 9.47 Å². The highest BCUT2D eigenvalue weighted by molar-refractivity contribution is 7.91. The van der Waals surface area contributed by atoms with Crippen molar-refractivity contribution in [3.63, 3.8) is 0 Å². The van der Waals surface area contributed by atoms with Crippen LogP contribution >= 0.6 is 0 Å². The van der Waals surface area contributed by atoms with Crippen molar-refractivity contribution in [2.24, 2.45) is 23.7 Å². The Hall–Kier alpha value is -4.49. The number of ether oxygens (including phenoxy) is 2. The highest BCUT2D eigenvalue weighted by Crippen LogP contribution is 2.50. The summed E-state index contributed by atoms with van der Waals surface area (Å²) in [5, 5.41) is 13.6. The van der Waals surface area contributed by atoms with E-state index in [9.17, 15) is 41.5 Å². The van der Waals surface area contributed by atoms with Gasteiger partial charge in [0.15, 0.2) is 5.69 Å². The summed E-state index contributed by atoms with van der Waals surface area (Å²) in [6, 6.07) is 2.94. The molecule has 1 saturated heterocycles. The fraction of sp³-hybridized carbons (Fsp3) is 0.707. The molecule has 4 N–H and O–H groups in total. The number of aromatic nitrogens is 2. The van der Waals surface area contributed by atoms with Crippen LogP contribution in [0.5, 0.6) is 11.6 Å². The molecule has 3 aliphatic carbocycles. The van der Waals surface area contributed by atoms with Crippen LogP contribution in [-0.4, -0.2) is 101 Å². The molecule has 0 unspecified atom stereocenters. The van der Waals surface area contributed by atoms with Crippen molar-refractivity contribution in [3.05, 3.63) is 23.9 Å². The Morgan fingerprint density at radius 1 is 1.08 bits per heavy atom. The zero-order valence-electron chi connectivity index (χ0n) is 35.4. The van der Waals surface area contributed by atoms with Gasteiger partial charge in [-0.2, -0.15) is 8.78 Å². The van der Waals surface area contributed by atoms with Gasteiger partial charge in [-0.05, 0) is 68.9 Å². The number of nitrogens with one attached hydrogen (secondary N) is 3. The first-order valence-corrected chi connectivity index (χ1v) is 22.4. The molecule has 1 aromatic carbocycles. The summed E-state index contributed by atoms with van der Waals surface area (Å²) >= 11 is 0. The lowest BCUT2D eigenvalue weighted by molar-refractivity contribution is -0.140. The molecule has 2 heterocycles. The van der Waals surface area contributed by atoms with E-state index in [0.717, 1.165) is 30.1 Å². The van der Waals surface area contributed by atoms with Crippen molar-refractivity contribution < 1.29 is 64.0 Å². The Morgan fingerprint density at radius 3 is 2.33 bits per heavy atom. The number of halogens is 4. The number of carbonyl (C=O) groups excluding carboxylic acids is 3. The lowest BCUT2D eigenvalue weighted by atomic mass is 9.93. The van der Waals surface area contributed by atoms with Gasteiger partial charge in [0.05, 0.1) is 29.4 Å². The van der Waals surface area contributed by atoms with Gasteiger partial charge in [-0.3, -0.25) is 19.1 Å². The average molecular weight is 893 g/mol. The summed E-state index contributed by atoms with van der Waals surface area (Å²) in [7, 11) is -2.84. The molecule has 0 radical (unpaired) electrons. The van der Waals surface area contributed by atoms with E-state index < -0.39 is 118 Å². The number of rotatable bonds is 19. The minimum Gasteiger partial charge on any atom is -0.497 e. The van der Waals surface area contributed by atoms with Crippen LogP contribution in [0.25, 0.3) is 11.0 Å². The predicted octanol–water partition coefficient (Wildman–Crippen LogP) is 6.88. The van der Waals surface area contributed by atoms with Gasteiger partial charge in [-0.1, -0.05) is 53.4 Å². The van der Waals surface area contributed by atoms with Crippen LogP contribution in [0.4, 0.5) is 22.4 Å². The molecule has 20 heteroatoms. The van der Waals surface area contributed by atoms with E-state index in [-0.39, 0.29) is 47.4 Å². The van der Waals surface area contributed by atoms with Gasteiger partial charge in [0.25, 0.3) is 11.8 Å². The smallest absolute Gasteiger partial charge is 0.405 e. The van der Waals surface area contributed by atoms with E-state index in [2.05, 4.69) is 36.1 Å². The molecule has 3 saturated carbocycles. The SMILES string of the molecule is CC(C)C.CC[C@@H]1[C@@H](Oc2nc3cc(OC)ccc3nc2C(F)(F)CCCCC2CC2)CN(C(=O)CNC(=O)O)[C@@H]1C(=O)N[C@]1(C(=O)NS(=O)(=O)C2(C)CC2)C[C@H]1CC(F)F.[HH].[HH].[HH]. The molecule has 4 fully saturated rings. The summed E-state index contributed by atoms with van der Waals surface area (Å²) < 4.78 is 97.7. The van der Waals surface area contributed by atoms with E-state index in [1.807, 2.05) is 10.0 Å². The number of benzene rings is 1. The number of hydrogen-bond donors (Lipinski definition) is 4. The zero-order valence-corrected chi connectivity index (χ0v) is 36.3. The van der Waals surface area contributed by atoms with Crippen LogP contribution in [0.1, 0.15) is 115 Å². The quantitative estimate of drug-likeness (QED) is 0.0845. The van der Waals surface area contributed by atoms with Crippen LogP contribution in [0, 0.1) is 23.7 Å². The minimum absolute atomic E-state index is 0. The maximum atomic E-state index is 16.1. The molecule has 0 spiro atoms. The molecule has 1 aromatic heterocycles. The topological polar surface area (TPSA) is 206 Å². The molecule has 4 amide bonds. The van der Waals surface area contributed by atoms with Crippen LogP contribution in [0.3, 0.4) is 0 Å². The molecule has 61 heavy (non-hydrogen) atoms. The highest BCUT2D eigenvalue weighted by atomic mass is 32.2. The number of unbranched alkanes of at least 4 members (excludes halogenated alkanes) is 1. The van der Waals surface area contributed by atoms with Crippen LogP contribution in [-0.2, 0) is 30.3 Å². The van der Waals surface area contributed by atoms with Crippen molar-refractivity contribution in [1.29, 1.82) is 0 Å². The summed E-state index contributed by atoms with van der Waals surface area (Å²) in [6.07, 6.45) is -2.99. The van der Waals surface area contributed by atoms with Crippen LogP contribution < -0.4 is 24.8 Å². The number of methoxy groups -OCH3 is 1. The van der Waals surface area contributed by atoms with Gasteiger partial charge in [-0.25, -0.2) is 32.0 Å². The number of carbonyl (C=O) groups is 4. The van der Waals surface area contributed by atoms with E-state index in [1.165, 1.54) is 32.2 Å². The highest BCUT2D eigenvalue weighted by Gasteiger charge is 2.65. The maximum absolute atomic E-state index is 16.1. The Morgan fingerprint density at radius 2 is 1.75 bits per heavy atom. The second-order valence-corrected chi connectivity index (χ2v) is 19.8. The Kier molecular flexibility index (Phi) is 14.7. The summed E-state index contributed by atoms with van der Waals surface area (Å²) in [5.74, 6) is -7.65. The normalized spacial score (nSPS) is 24.2. The van der Waals surface area contributed by atoms with Gasteiger partial charge < -0.3 is 30.1 Å². The molecule has 0 bridgehead atoms. The Bertz CT molecular complexity index is 2070. The fourth-order valence-electron chi connectivity index (χ4n) is 7.64. The first-order valence-electron chi connectivity index (χ1n) is 20.9. The lowest BCUT2D eigenvalue weighted by Crippen LogP contribution is -2.58. The van der Waals surface area contributed by atoms with Crippen LogP contribution in [0.15, 0.2) is 18.2 Å². The first-order chi connectivity index (χ1) is 28.6. The number of likely N-dealkylation sites (tertiary alicyclic amines) is 1. The Labute approximate surface area is 358 Å². The molecule has 15 nitrogen and oxygen atoms in total. The third-order valence-electron chi connectivity index (χ3n) is 11.7. The predicted molar refractivity (Wildman–Crippen MR) is 222 cm³/mol. The van der Waals surface area contributed by atoms with Gasteiger partial charge in [-0.15, -0.1) is 0 Å². The van der Waals surface area contributed by atoms with E-state index in [1.54, 1.807) is 6.92 Å². The van der Waals surface area contributed by atoms with Crippen molar-refractivity contribution in [2.75, 3.05) is 20.2 Å². The van der Waals surface area contributed by atoms with E-state index >= 15 is 8.78 Å². The van der Waals surface area contributed by atoms with Crippen molar-refractivity contribution >= 4 is 44.9 Å². The number of amides is 4. The number of nitrogens with zero attached hydrogens (tertiary/aromatic N) is 3. The molecule has 2 aromatic rings. The molecule has 1 aliphatic heterocycles. The molecule has 4 aliphatic rings. The van der Waals surface area contributed by atoms with Crippen molar-refractivity contribution in [3.8, 4) is 11.6 Å². The monoisotopic (exact) mass is 892 g/mol. The summed E-state index contributed by atoms with van der Waals surface area (Å²) in [5.41, 5.74) is -2.55. The maximum Gasteiger partial charge on any atom is 0.405 e. The summed E-state index contributed by atoms with van der Waals surface area (Å²) in [4.78, 5) is 62.5. The number of sulfonamides is 1. The zero-order chi connectivity index (χ0) is 45.1. The number of carboxylic acid groups (broad SMARTS) is 1. The second kappa shape index (κ2) is 18.9. The van der Waals surface area contributed by atoms with Crippen molar-refractivity contribution in [1.82, 2.24) is 30.2 Å². The molecule has 5 atom stereocenters. The molecular formula is C41H64F4N6O9S. The van der Waals surface area contributed by atoms with Gasteiger partial charge in [0.2, 0.25) is 34.1 Å². The molecule has 6 rings (SSSR count). The summed E-state index contributed by atoms with van der Waals surface area (Å²) in [6.45, 7) is 8.30. The average Bonchev–Trinajstić information content (AvgIpc) is 4.13. The van der Waals surface area contributed by atoms with E-state index in [0.29, 0.717) is 18.1 Å². The Balaban J connectivity index is 0.00000193. The minimum atomic E-state index is -4.25. The van der Waals surface area contributed by atoms with Gasteiger partial charge in [0.1, 0.15) is 30.0 Å². The first kappa shape index (κ1) is 47.6. The number of fused-ring (bicyclic) bond motifs is 1. The second-order valence-electron chi connectivity index (χ2n) is 17.6. The molecule has 346 valence electrons. The third-order valence-corrected chi connectivity index (χ3v) is 13.9. The molecular weight excluding hydrogens is 829 g/mol. The van der Waals surface area contributed by atoms with Gasteiger partial charge >= 0.3 is 6.09 Å². The largest absolute Gasteiger partial charge is 0.497 e. The van der Waals surface area contributed by atoms with Crippen LogP contribution in [0.2, 0.25) is 0 Å². The van der Waals surface area contributed by atoms with Gasteiger partial charge in [0, 0.05) is 29.1 Å². The van der Waals surface area contributed by atoms with Crippen molar-refractivity contribution in [2.45, 2.75) is 140 Å². The fourth-order valence-corrected chi connectivity index (χ4v) is 8.95. The number of hydrogen-bond acceptors (Lipinski definition) is 10.